The highest BCUT2D eigenvalue weighted by Crippen LogP contribution is 2.49. The van der Waals surface area contributed by atoms with Gasteiger partial charge in [-0.1, -0.05) is 84.0 Å². The van der Waals surface area contributed by atoms with E-state index in [1.165, 1.54) is 0 Å². The third-order valence-electron chi connectivity index (χ3n) is 3.45. The molecule has 138 valence electrons. The van der Waals surface area contributed by atoms with Crippen LogP contribution in [0, 0.1) is 0 Å². The minimum absolute atomic E-state index is 0.884. The predicted molar refractivity (Wildman–Crippen MR) is 115 cm³/mol. The highest BCUT2D eigenvalue weighted by atomic mass is 16.5. The summed E-state index contributed by atoms with van der Waals surface area (Å²) >= 11 is 0. The molecular formula is C24H31NO. The molecule has 0 bridgehead atoms. The van der Waals surface area contributed by atoms with Gasteiger partial charge >= 0.3 is 0 Å². The third-order valence-corrected chi connectivity index (χ3v) is 3.45. The second-order valence-electron chi connectivity index (χ2n) is 4.71. The van der Waals surface area contributed by atoms with E-state index >= 15 is 0 Å². The van der Waals surface area contributed by atoms with Crippen molar-refractivity contribution in [1.82, 2.24) is 0 Å². The van der Waals surface area contributed by atoms with Crippen molar-refractivity contribution in [1.29, 1.82) is 0 Å². The molecule has 2 heteroatoms. The lowest BCUT2D eigenvalue weighted by Crippen LogP contribution is -2.15. The Labute approximate surface area is 159 Å². The molecule has 2 nitrogen and oxygen atoms in total. The molecule has 0 atom stereocenters. The van der Waals surface area contributed by atoms with Gasteiger partial charge in [-0.2, -0.15) is 0 Å². The van der Waals surface area contributed by atoms with Crippen molar-refractivity contribution in [2.75, 3.05) is 4.90 Å². The number of hydrogen-bond acceptors (Lipinski definition) is 2. The number of rotatable bonds is 1. The van der Waals surface area contributed by atoms with Crippen molar-refractivity contribution >= 4 is 17.1 Å². The summed E-state index contributed by atoms with van der Waals surface area (Å²) in [6, 6.07) is 26.6. The largest absolute Gasteiger partial charge is 0.453 e. The van der Waals surface area contributed by atoms with Gasteiger partial charge in [0.15, 0.2) is 11.5 Å². The minimum atomic E-state index is 0.884. The molecule has 1 heterocycles. The zero-order chi connectivity index (χ0) is 19.4. The number of benzene rings is 3. The molecule has 3 aromatic carbocycles. The average Bonchev–Trinajstić information content (AvgIpc) is 2.77. The zero-order valence-corrected chi connectivity index (χ0v) is 16.9. The van der Waals surface area contributed by atoms with Gasteiger partial charge in [-0.05, 0) is 36.4 Å². The normalized spacial score (nSPS) is 10.2. The maximum atomic E-state index is 5.99. The predicted octanol–water partition coefficient (Wildman–Crippen LogP) is 8.34. The van der Waals surface area contributed by atoms with Gasteiger partial charge < -0.3 is 9.64 Å². The second kappa shape index (κ2) is 11.8. The highest BCUT2D eigenvalue weighted by molar-refractivity contribution is 5.85. The van der Waals surface area contributed by atoms with Crippen molar-refractivity contribution < 1.29 is 4.74 Å². The molecule has 0 aromatic heterocycles. The van der Waals surface area contributed by atoms with E-state index in [4.69, 9.17) is 4.74 Å². The summed E-state index contributed by atoms with van der Waals surface area (Å²) in [7, 11) is 0. The quantitative estimate of drug-likeness (QED) is 0.342. The number of hydrogen-bond donors (Lipinski definition) is 0. The number of fused-ring (bicyclic) bond motifs is 2. The molecular weight excluding hydrogens is 318 g/mol. The summed E-state index contributed by atoms with van der Waals surface area (Å²) in [5.74, 6) is 1.77. The van der Waals surface area contributed by atoms with Crippen LogP contribution >= 0.6 is 0 Å². The fraction of sp³-hybridized carbons (Fsp3) is 0.250. The molecule has 0 unspecified atom stereocenters. The van der Waals surface area contributed by atoms with Gasteiger partial charge in [-0.15, -0.1) is 0 Å². The van der Waals surface area contributed by atoms with Crippen LogP contribution in [-0.4, -0.2) is 0 Å². The number of anilines is 3. The summed E-state index contributed by atoms with van der Waals surface area (Å²) in [4.78, 5) is 2.23. The maximum Gasteiger partial charge on any atom is 0.151 e. The van der Waals surface area contributed by atoms with Crippen molar-refractivity contribution in [2.24, 2.45) is 0 Å². The Morgan fingerprint density at radius 2 is 0.885 bits per heavy atom. The van der Waals surface area contributed by atoms with E-state index in [0.29, 0.717) is 0 Å². The Morgan fingerprint density at radius 1 is 0.500 bits per heavy atom. The first-order valence-corrected chi connectivity index (χ1v) is 9.64. The van der Waals surface area contributed by atoms with Crippen molar-refractivity contribution in [2.45, 2.75) is 41.5 Å². The van der Waals surface area contributed by atoms with Gasteiger partial charge in [0.05, 0.1) is 11.4 Å². The molecule has 0 spiro atoms. The lowest BCUT2D eigenvalue weighted by molar-refractivity contribution is 0.477. The van der Waals surface area contributed by atoms with E-state index in [1.807, 2.05) is 84.0 Å². The van der Waals surface area contributed by atoms with Gasteiger partial charge in [0, 0.05) is 5.69 Å². The van der Waals surface area contributed by atoms with Gasteiger partial charge in [0.25, 0.3) is 0 Å². The van der Waals surface area contributed by atoms with Crippen LogP contribution in [-0.2, 0) is 0 Å². The van der Waals surface area contributed by atoms with E-state index in [1.54, 1.807) is 0 Å². The van der Waals surface area contributed by atoms with Crippen LogP contribution in [0.3, 0.4) is 0 Å². The smallest absolute Gasteiger partial charge is 0.151 e. The first-order chi connectivity index (χ1) is 12.9. The topological polar surface area (TPSA) is 12.5 Å². The number of ether oxygens (including phenoxy) is 1. The van der Waals surface area contributed by atoms with Crippen LogP contribution in [0.4, 0.5) is 17.1 Å². The Bertz CT molecular complexity index is 707. The number of para-hydroxylation sites is 5. The zero-order valence-electron chi connectivity index (χ0n) is 16.9. The maximum absolute atomic E-state index is 5.99. The fourth-order valence-corrected chi connectivity index (χ4v) is 2.56. The summed E-state index contributed by atoms with van der Waals surface area (Å²) in [6.07, 6.45) is 0. The minimum Gasteiger partial charge on any atom is -0.453 e. The monoisotopic (exact) mass is 349 g/mol. The second-order valence-corrected chi connectivity index (χ2v) is 4.71. The Morgan fingerprint density at radius 3 is 1.35 bits per heavy atom. The van der Waals surface area contributed by atoms with Crippen LogP contribution in [0.25, 0.3) is 0 Å². The van der Waals surface area contributed by atoms with Crippen molar-refractivity contribution in [3.8, 4) is 11.5 Å². The third kappa shape index (κ3) is 4.66. The molecule has 1 aliphatic rings. The molecule has 0 aliphatic carbocycles. The van der Waals surface area contributed by atoms with E-state index in [0.717, 1.165) is 28.6 Å². The lowest BCUT2D eigenvalue weighted by atomic mass is 10.1. The van der Waals surface area contributed by atoms with Gasteiger partial charge in [0.2, 0.25) is 0 Å². The van der Waals surface area contributed by atoms with Gasteiger partial charge in [-0.25, -0.2) is 0 Å². The van der Waals surface area contributed by atoms with E-state index < -0.39 is 0 Å². The first-order valence-electron chi connectivity index (χ1n) is 9.64. The molecule has 3 aromatic rings. The molecule has 1 aliphatic heterocycles. The van der Waals surface area contributed by atoms with Crippen LogP contribution in [0.2, 0.25) is 0 Å². The summed E-state index contributed by atoms with van der Waals surface area (Å²) in [6.45, 7) is 12.0. The summed E-state index contributed by atoms with van der Waals surface area (Å²) in [5, 5.41) is 0. The van der Waals surface area contributed by atoms with E-state index in [-0.39, 0.29) is 0 Å². The van der Waals surface area contributed by atoms with E-state index in [2.05, 4.69) is 41.3 Å². The molecule has 0 saturated carbocycles. The molecule has 0 amide bonds. The Hall–Kier alpha value is -2.74. The van der Waals surface area contributed by atoms with Crippen LogP contribution < -0.4 is 9.64 Å². The standard InChI is InChI=1S/C18H13NO.3C2H6/c1-2-8-14(9-3-1)19-15-10-4-6-12-17(15)20-18-13-7-5-11-16(18)19;3*1-2/h1-13H;3*1-2H3. The molecule has 0 fully saturated rings. The van der Waals surface area contributed by atoms with Gasteiger partial charge in [-0.3, -0.25) is 0 Å². The Kier molecular flexibility index (Phi) is 9.63. The van der Waals surface area contributed by atoms with E-state index in [9.17, 15) is 0 Å². The van der Waals surface area contributed by atoms with Crippen LogP contribution in [0.5, 0.6) is 11.5 Å². The lowest BCUT2D eigenvalue weighted by Gasteiger charge is -2.32. The fourth-order valence-electron chi connectivity index (χ4n) is 2.56. The van der Waals surface area contributed by atoms with Gasteiger partial charge in [0.1, 0.15) is 0 Å². The molecule has 0 saturated heterocycles. The first kappa shape index (κ1) is 21.3. The van der Waals surface area contributed by atoms with Crippen LogP contribution in [0.1, 0.15) is 41.5 Å². The average molecular weight is 350 g/mol. The van der Waals surface area contributed by atoms with Crippen molar-refractivity contribution in [3.05, 3.63) is 78.9 Å². The summed E-state index contributed by atoms with van der Waals surface area (Å²) in [5.41, 5.74) is 3.27. The number of nitrogens with zero attached hydrogens (tertiary/aromatic N) is 1. The summed E-state index contributed by atoms with van der Waals surface area (Å²) < 4.78 is 5.99. The van der Waals surface area contributed by atoms with Crippen molar-refractivity contribution in [3.63, 3.8) is 0 Å². The molecule has 0 radical (unpaired) electrons. The van der Waals surface area contributed by atoms with Crippen LogP contribution in [0.15, 0.2) is 78.9 Å². The molecule has 0 N–H and O–H groups in total. The highest BCUT2D eigenvalue weighted by Gasteiger charge is 2.24. The Balaban J connectivity index is 0.000000515. The SMILES string of the molecule is CC.CC.CC.c1ccc(N2c3ccccc3Oc3ccccc32)cc1. The molecule has 26 heavy (non-hydrogen) atoms. The molecule has 4 rings (SSSR count).